The van der Waals surface area contributed by atoms with Gasteiger partial charge in [-0.3, -0.25) is 0 Å². The van der Waals surface area contributed by atoms with Crippen LogP contribution < -0.4 is 0 Å². The van der Waals surface area contributed by atoms with Crippen LogP contribution in [-0.4, -0.2) is 45.5 Å². The standard InChI is InChI=1S/C13H18BrClN4/c1-3-18(2)6-7-19-12(4-5-15)17-11-8-10(14)9-16-13(11)19/h8-9H,3-7H2,1-2H3. The summed E-state index contributed by atoms with van der Waals surface area (Å²) in [6.07, 6.45) is 2.58. The Morgan fingerprint density at radius 3 is 2.95 bits per heavy atom. The summed E-state index contributed by atoms with van der Waals surface area (Å²) >= 11 is 9.30. The molecule has 2 aromatic heterocycles. The number of likely N-dealkylation sites (N-methyl/N-ethyl adjacent to an activating group) is 1. The molecule has 0 amide bonds. The first-order chi connectivity index (χ1) is 9.15. The highest BCUT2D eigenvalue weighted by Crippen LogP contribution is 2.19. The van der Waals surface area contributed by atoms with E-state index in [-0.39, 0.29) is 0 Å². The zero-order valence-electron chi connectivity index (χ0n) is 11.2. The summed E-state index contributed by atoms with van der Waals surface area (Å²) in [5.41, 5.74) is 1.86. The molecule has 0 atom stereocenters. The predicted molar refractivity (Wildman–Crippen MR) is 82.8 cm³/mol. The van der Waals surface area contributed by atoms with Crippen molar-refractivity contribution in [1.82, 2.24) is 19.4 Å². The molecule has 19 heavy (non-hydrogen) atoms. The summed E-state index contributed by atoms with van der Waals surface area (Å²) in [4.78, 5) is 11.4. The van der Waals surface area contributed by atoms with Crippen molar-refractivity contribution in [1.29, 1.82) is 0 Å². The van der Waals surface area contributed by atoms with Gasteiger partial charge in [0.05, 0.1) is 0 Å². The number of pyridine rings is 1. The number of hydrogen-bond acceptors (Lipinski definition) is 3. The Morgan fingerprint density at radius 2 is 2.26 bits per heavy atom. The second-order valence-electron chi connectivity index (χ2n) is 4.51. The lowest BCUT2D eigenvalue weighted by molar-refractivity contribution is 0.335. The van der Waals surface area contributed by atoms with Gasteiger partial charge in [0.15, 0.2) is 5.65 Å². The maximum Gasteiger partial charge on any atom is 0.160 e. The van der Waals surface area contributed by atoms with Gasteiger partial charge in [-0.15, -0.1) is 11.6 Å². The fraction of sp³-hybridized carbons (Fsp3) is 0.538. The van der Waals surface area contributed by atoms with Gasteiger partial charge in [0.2, 0.25) is 0 Å². The molecule has 2 heterocycles. The molecule has 6 heteroatoms. The summed E-state index contributed by atoms with van der Waals surface area (Å²) in [5, 5.41) is 0. The lowest BCUT2D eigenvalue weighted by Gasteiger charge is -2.15. The Kier molecular flexibility index (Phi) is 5.19. The predicted octanol–water partition coefficient (Wildman–Crippen LogP) is 2.93. The number of halogens is 2. The number of rotatable bonds is 6. The van der Waals surface area contributed by atoms with E-state index in [1.54, 1.807) is 0 Å². The van der Waals surface area contributed by atoms with Crippen molar-refractivity contribution >= 4 is 38.7 Å². The first-order valence-corrected chi connectivity index (χ1v) is 7.73. The minimum Gasteiger partial charge on any atom is -0.311 e. The fourth-order valence-electron chi connectivity index (χ4n) is 1.97. The van der Waals surface area contributed by atoms with Gasteiger partial charge >= 0.3 is 0 Å². The van der Waals surface area contributed by atoms with Gasteiger partial charge in [-0.05, 0) is 35.6 Å². The summed E-state index contributed by atoms with van der Waals surface area (Å²) < 4.78 is 3.13. The third-order valence-electron chi connectivity index (χ3n) is 3.19. The molecule has 0 aliphatic heterocycles. The van der Waals surface area contributed by atoms with Crippen molar-refractivity contribution in [3.05, 3.63) is 22.6 Å². The molecule has 0 fully saturated rings. The summed E-state index contributed by atoms with van der Waals surface area (Å²) in [6.45, 7) is 5.06. The largest absolute Gasteiger partial charge is 0.311 e. The van der Waals surface area contributed by atoms with Crippen LogP contribution in [0.15, 0.2) is 16.7 Å². The smallest absolute Gasteiger partial charge is 0.160 e. The minimum atomic E-state index is 0.577. The van der Waals surface area contributed by atoms with Gasteiger partial charge in [0.1, 0.15) is 11.3 Å². The molecule has 0 saturated heterocycles. The van der Waals surface area contributed by atoms with Gasteiger partial charge in [-0.1, -0.05) is 6.92 Å². The molecule has 4 nitrogen and oxygen atoms in total. The normalized spacial score (nSPS) is 11.6. The van der Waals surface area contributed by atoms with Gasteiger partial charge < -0.3 is 9.47 Å². The summed E-state index contributed by atoms with van der Waals surface area (Å²) in [7, 11) is 2.12. The number of aryl methyl sites for hydroxylation is 1. The Labute approximate surface area is 126 Å². The van der Waals surface area contributed by atoms with Crippen LogP contribution in [0.4, 0.5) is 0 Å². The highest BCUT2D eigenvalue weighted by molar-refractivity contribution is 9.10. The molecule has 2 rings (SSSR count). The maximum absolute atomic E-state index is 5.86. The number of imidazole rings is 1. The Bertz CT molecular complexity index is 555. The zero-order valence-corrected chi connectivity index (χ0v) is 13.6. The molecule has 0 radical (unpaired) electrons. The number of nitrogens with zero attached hydrogens (tertiary/aromatic N) is 4. The second-order valence-corrected chi connectivity index (χ2v) is 5.80. The van der Waals surface area contributed by atoms with Crippen LogP contribution in [0, 0.1) is 0 Å². The molecule has 0 unspecified atom stereocenters. The van der Waals surface area contributed by atoms with E-state index in [0.717, 1.165) is 47.5 Å². The van der Waals surface area contributed by atoms with Crippen LogP contribution in [0.5, 0.6) is 0 Å². The van der Waals surface area contributed by atoms with E-state index in [2.05, 4.69) is 49.3 Å². The molecule has 104 valence electrons. The molecule has 2 aromatic rings. The molecular formula is C13H18BrClN4. The van der Waals surface area contributed by atoms with E-state index in [9.17, 15) is 0 Å². The lowest BCUT2D eigenvalue weighted by Crippen LogP contribution is -2.23. The first kappa shape index (κ1) is 14.8. The van der Waals surface area contributed by atoms with Crippen molar-refractivity contribution in [3.8, 4) is 0 Å². The van der Waals surface area contributed by atoms with Gasteiger partial charge in [-0.25, -0.2) is 9.97 Å². The lowest BCUT2D eigenvalue weighted by atomic mass is 10.4. The number of fused-ring (bicyclic) bond motifs is 1. The fourth-order valence-corrected chi connectivity index (χ4v) is 2.46. The topological polar surface area (TPSA) is 34.0 Å². The van der Waals surface area contributed by atoms with E-state index in [4.69, 9.17) is 11.6 Å². The van der Waals surface area contributed by atoms with Crippen molar-refractivity contribution in [2.24, 2.45) is 0 Å². The van der Waals surface area contributed by atoms with Crippen molar-refractivity contribution in [2.45, 2.75) is 19.9 Å². The van der Waals surface area contributed by atoms with Crippen LogP contribution in [0.1, 0.15) is 12.7 Å². The van der Waals surface area contributed by atoms with Crippen molar-refractivity contribution in [3.63, 3.8) is 0 Å². The first-order valence-electron chi connectivity index (χ1n) is 6.41. The maximum atomic E-state index is 5.86. The van der Waals surface area contributed by atoms with Gasteiger partial charge in [-0.2, -0.15) is 0 Å². The summed E-state index contributed by atoms with van der Waals surface area (Å²) in [6, 6.07) is 2.00. The SMILES string of the molecule is CCN(C)CCn1c(CCCl)nc2cc(Br)cnc21. The zero-order chi connectivity index (χ0) is 13.8. The number of alkyl halides is 1. The van der Waals surface area contributed by atoms with Crippen LogP contribution in [0.25, 0.3) is 11.2 Å². The third kappa shape index (κ3) is 3.46. The van der Waals surface area contributed by atoms with Crippen LogP contribution in [0.2, 0.25) is 0 Å². The number of hydrogen-bond donors (Lipinski definition) is 0. The highest BCUT2D eigenvalue weighted by atomic mass is 79.9. The van der Waals surface area contributed by atoms with E-state index in [1.807, 2.05) is 12.3 Å². The molecule has 0 N–H and O–H groups in total. The quantitative estimate of drug-likeness (QED) is 0.755. The van der Waals surface area contributed by atoms with Gasteiger partial charge in [0, 0.05) is 36.1 Å². The van der Waals surface area contributed by atoms with E-state index < -0.39 is 0 Å². The Hall–Kier alpha value is -0.650. The monoisotopic (exact) mass is 344 g/mol. The molecule has 0 aliphatic rings. The van der Waals surface area contributed by atoms with Gasteiger partial charge in [0.25, 0.3) is 0 Å². The minimum absolute atomic E-state index is 0.577. The van der Waals surface area contributed by atoms with Crippen LogP contribution in [0.3, 0.4) is 0 Å². The van der Waals surface area contributed by atoms with Crippen LogP contribution >= 0.6 is 27.5 Å². The molecule has 0 spiro atoms. The molecule has 0 aliphatic carbocycles. The van der Waals surface area contributed by atoms with E-state index in [1.165, 1.54) is 0 Å². The molecule has 0 aromatic carbocycles. The highest BCUT2D eigenvalue weighted by Gasteiger charge is 2.12. The van der Waals surface area contributed by atoms with E-state index >= 15 is 0 Å². The Morgan fingerprint density at radius 1 is 1.47 bits per heavy atom. The van der Waals surface area contributed by atoms with E-state index in [0.29, 0.717) is 5.88 Å². The molecular weight excluding hydrogens is 328 g/mol. The molecule has 0 saturated carbocycles. The number of aromatic nitrogens is 3. The van der Waals surface area contributed by atoms with Crippen LogP contribution in [-0.2, 0) is 13.0 Å². The average molecular weight is 346 g/mol. The second kappa shape index (κ2) is 6.68. The van der Waals surface area contributed by atoms with Crippen molar-refractivity contribution in [2.75, 3.05) is 26.0 Å². The molecule has 0 bridgehead atoms. The average Bonchev–Trinajstić information content (AvgIpc) is 2.73. The van der Waals surface area contributed by atoms with Crippen molar-refractivity contribution < 1.29 is 0 Å². The summed E-state index contributed by atoms with van der Waals surface area (Å²) in [5.74, 6) is 1.59. The Balaban J connectivity index is 2.34. The third-order valence-corrected chi connectivity index (χ3v) is 3.82.